The number of nitrogens with zero attached hydrogens (tertiary/aromatic N) is 2. The average Bonchev–Trinajstić information content (AvgIpc) is 2.72. The van der Waals surface area contributed by atoms with Crippen LogP contribution in [-0.2, 0) is 9.59 Å². The molecule has 30 heavy (non-hydrogen) atoms. The predicted octanol–water partition coefficient (Wildman–Crippen LogP) is 3.89. The lowest BCUT2D eigenvalue weighted by Crippen LogP contribution is -2.17. The van der Waals surface area contributed by atoms with E-state index in [2.05, 4.69) is 15.8 Å². The summed E-state index contributed by atoms with van der Waals surface area (Å²) in [5, 5.41) is 16.3. The van der Waals surface area contributed by atoms with Crippen LogP contribution >= 0.6 is 0 Å². The number of hydrazone groups is 1. The molecular formula is C23H30N4O3. The number of carbonyl (C=O) groups excluding carboxylic acids is 2. The van der Waals surface area contributed by atoms with E-state index in [-0.39, 0.29) is 17.6 Å². The lowest BCUT2D eigenvalue weighted by Gasteiger charge is -2.11. The largest absolute Gasteiger partial charge is 0.506 e. The molecule has 0 aromatic heterocycles. The van der Waals surface area contributed by atoms with Gasteiger partial charge < -0.3 is 15.3 Å². The normalized spacial score (nSPS) is 10.7. The van der Waals surface area contributed by atoms with Crippen molar-refractivity contribution in [1.29, 1.82) is 0 Å². The molecule has 0 spiro atoms. The summed E-state index contributed by atoms with van der Waals surface area (Å²) in [4.78, 5) is 25.7. The summed E-state index contributed by atoms with van der Waals surface area (Å²) in [6.45, 7) is 0. The van der Waals surface area contributed by atoms with Crippen LogP contribution < -0.4 is 15.6 Å². The molecule has 7 heteroatoms. The molecule has 2 rings (SSSR count). The first-order valence-corrected chi connectivity index (χ1v) is 10.1. The van der Waals surface area contributed by atoms with E-state index in [1.807, 2.05) is 43.3 Å². The third-order valence-corrected chi connectivity index (χ3v) is 4.55. The van der Waals surface area contributed by atoms with Crippen molar-refractivity contribution in [3.05, 3.63) is 54.1 Å². The second kappa shape index (κ2) is 12.3. The smallest absolute Gasteiger partial charge is 0.240 e. The van der Waals surface area contributed by atoms with E-state index in [0.29, 0.717) is 18.5 Å². The molecule has 0 fully saturated rings. The molecule has 0 bridgehead atoms. The number of carbonyl (C=O) groups is 2. The number of anilines is 2. The Balaban J connectivity index is 1.54. The van der Waals surface area contributed by atoms with Crippen molar-refractivity contribution >= 4 is 29.4 Å². The summed E-state index contributed by atoms with van der Waals surface area (Å²) in [7, 11) is 3.96. The highest BCUT2D eigenvalue weighted by molar-refractivity contribution is 5.92. The summed E-state index contributed by atoms with van der Waals surface area (Å²) >= 11 is 0. The van der Waals surface area contributed by atoms with Crippen LogP contribution in [0.15, 0.2) is 53.6 Å². The number of aromatic hydroxyl groups is 1. The van der Waals surface area contributed by atoms with Crippen LogP contribution in [-0.4, -0.2) is 37.2 Å². The number of phenols is 1. The number of para-hydroxylation sites is 2. The number of benzene rings is 2. The Morgan fingerprint density at radius 3 is 2.20 bits per heavy atom. The van der Waals surface area contributed by atoms with Crippen LogP contribution in [0.1, 0.15) is 44.1 Å². The first kappa shape index (κ1) is 22.9. The Morgan fingerprint density at radius 1 is 0.933 bits per heavy atom. The van der Waals surface area contributed by atoms with Gasteiger partial charge in [-0.2, -0.15) is 5.10 Å². The molecule has 0 heterocycles. The maximum Gasteiger partial charge on any atom is 0.240 e. The van der Waals surface area contributed by atoms with E-state index in [1.54, 1.807) is 24.4 Å². The summed E-state index contributed by atoms with van der Waals surface area (Å²) < 4.78 is 0. The molecule has 0 atom stereocenters. The third-order valence-electron chi connectivity index (χ3n) is 4.55. The van der Waals surface area contributed by atoms with Crippen molar-refractivity contribution in [2.24, 2.45) is 5.10 Å². The lowest BCUT2D eigenvalue weighted by molar-refractivity contribution is -0.121. The lowest BCUT2D eigenvalue weighted by atomic mass is 10.1. The molecule has 0 unspecified atom stereocenters. The Morgan fingerprint density at radius 2 is 1.57 bits per heavy atom. The molecule has 160 valence electrons. The Labute approximate surface area is 177 Å². The zero-order valence-electron chi connectivity index (χ0n) is 17.6. The molecule has 0 radical (unpaired) electrons. The molecule has 2 aromatic rings. The molecule has 0 aliphatic rings. The number of hydrogen-bond acceptors (Lipinski definition) is 5. The van der Waals surface area contributed by atoms with E-state index in [4.69, 9.17) is 0 Å². The second-order valence-corrected chi connectivity index (χ2v) is 7.26. The maximum atomic E-state index is 11.9. The van der Waals surface area contributed by atoms with E-state index in [0.717, 1.165) is 36.9 Å². The van der Waals surface area contributed by atoms with Gasteiger partial charge >= 0.3 is 0 Å². The van der Waals surface area contributed by atoms with Crippen LogP contribution in [0.25, 0.3) is 0 Å². The molecule has 2 amide bonds. The van der Waals surface area contributed by atoms with Crippen LogP contribution in [0.3, 0.4) is 0 Å². The highest BCUT2D eigenvalue weighted by atomic mass is 16.3. The molecule has 0 aliphatic carbocycles. The van der Waals surface area contributed by atoms with Gasteiger partial charge in [-0.05, 0) is 42.7 Å². The van der Waals surface area contributed by atoms with Gasteiger partial charge in [-0.15, -0.1) is 0 Å². The zero-order valence-corrected chi connectivity index (χ0v) is 17.6. The highest BCUT2D eigenvalue weighted by Crippen LogP contribution is 2.21. The second-order valence-electron chi connectivity index (χ2n) is 7.26. The SMILES string of the molecule is CN(C)c1ccc(/C=N/NC(=O)CCCCCCC(=O)Nc2ccccc2O)cc1. The summed E-state index contributed by atoms with van der Waals surface area (Å²) in [6, 6.07) is 14.5. The standard InChI is InChI=1S/C23H30N4O3/c1-27(2)19-15-13-18(14-16-19)17-24-26-23(30)12-6-4-3-5-11-22(29)25-20-9-7-8-10-21(20)28/h7-10,13-17,28H,3-6,11-12H2,1-2H3,(H,25,29)(H,26,30)/b24-17+. The molecular weight excluding hydrogens is 380 g/mol. The minimum absolute atomic E-state index is 0.0603. The summed E-state index contributed by atoms with van der Waals surface area (Å²) in [5.74, 6) is -0.180. The van der Waals surface area contributed by atoms with Gasteiger partial charge in [0.2, 0.25) is 11.8 Å². The van der Waals surface area contributed by atoms with E-state index in [1.165, 1.54) is 6.07 Å². The van der Waals surface area contributed by atoms with Gasteiger partial charge in [0.25, 0.3) is 0 Å². The van der Waals surface area contributed by atoms with Crippen LogP contribution in [0.4, 0.5) is 11.4 Å². The van der Waals surface area contributed by atoms with Gasteiger partial charge in [-0.25, -0.2) is 5.43 Å². The minimum Gasteiger partial charge on any atom is -0.506 e. The molecule has 0 saturated carbocycles. The number of rotatable bonds is 11. The van der Waals surface area contributed by atoms with Crippen molar-refractivity contribution in [2.75, 3.05) is 24.3 Å². The van der Waals surface area contributed by atoms with E-state index >= 15 is 0 Å². The number of hydrogen-bond donors (Lipinski definition) is 3. The van der Waals surface area contributed by atoms with Crippen LogP contribution in [0, 0.1) is 0 Å². The van der Waals surface area contributed by atoms with Crippen LogP contribution in [0.5, 0.6) is 5.75 Å². The fourth-order valence-electron chi connectivity index (χ4n) is 2.81. The van der Waals surface area contributed by atoms with Crippen molar-refractivity contribution < 1.29 is 14.7 Å². The zero-order chi connectivity index (χ0) is 21.8. The Kier molecular flexibility index (Phi) is 9.37. The first-order valence-electron chi connectivity index (χ1n) is 10.1. The van der Waals surface area contributed by atoms with Crippen molar-refractivity contribution in [3.63, 3.8) is 0 Å². The van der Waals surface area contributed by atoms with Gasteiger partial charge in [0.1, 0.15) is 5.75 Å². The van der Waals surface area contributed by atoms with E-state index in [9.17, 15) is 14.7 Å². The van der Waals surface area contributed by atoms with E-state index < -0.39 is 0 Å². The first-order chi connectivity index (χ1) is 14.5. The van der Waals surface area contributed by atoms with Crippen molar-refractivity contribution in [3.8, 4) is 5.75 Å². The van der Waals surface area contributed by atoms with Crippen molar-refractivity contribution in [1.82, 2.24) is 5.43 Å². The maximum absolute atomic E-state index is 11.9. The minimum atomic E-state index is -0.123. The fraction of sp³-hybridized carbons (Fsp3) is 0.348. The van der Waals surface area contributed by atoms with Gasteiger partial charge in [0.15, 0.2) is 0 Å². The topological polar surface area (TPSA) is 94.0 Å². The summed E-state index contributed by atoms with van der Waals surface area (Å²) in [6.07, 6.45) is 5.64. The molecule has 0 aliphatic heterocycles. The van der Waals surface area contributed by atoms with Gasteiger partial charge in [0.05, 0.1) is 11.9 Å². The van der Waals surface area contributed by atoms with Gasteiger partial charge in [-0.1, -0.05) is 37.1 Å². The highest BCUT2D eigenvalue weighted by Gasteiger charge is 2.06. The van der Waals surface area contributed by atoms with Gasteiger partial charge in [-0.3, -0.25) is 9.59 Å². The molecule has 2 aromatic carbocycles. The predicted molar refractivity (Wildman–Crippen MR) is 121 cm³/mol. The number of unbranched alkanes of at least 4 members (excludes halogenated alkanes) is 3. The molecule has 0 saturated heterocycles. The Bertz CT molecular complexity index is 848. The van der Waals surface area contributed by atoms with Crippen LogP contribution in [0.2, 0.25) is 0 Å². The molecule has 7 nitrogen and oxygen atoms in total. The van der Waals surface area contributed by atoms with Crippen molar-refractivity contribution in [2.45, 2.75) is 38.5 Å². The monoisotopic (exact) mass is 410 g/mol. The average molecular weight is 411 g/mol. The number of amides is 2. The number of nitrogens with one attached hydrogen (secondary N) is 2. The number of phenolic OH excluding ortho intramolecular Hbond substituents is 1. The quantitative estimate of drug-likeness (QED) is 0.227. The third kappa shape index (κ3) is 8.34. The molecule has 3 N–H and O–H groups in total. The summed E-state index contributed by atoms with van der Waals surface area (Å²) in [5.41, 5.74) is 4.99. The Hall–Kier alpha value is -3.35. The van der Waals surface area contributed by atoms with Gasteiger partial charge in [0, 0.05) is 32.6 Å². The fourth-order valence-corrected chi connectivity index (χ4v) is 2.81.